The number of piperidine rings is 1. The van der Waals surface area contributed by atoms with E-state index in [0.717, 1.165) is 50.2 Å². The van der Waals surface area contributed by atoms with Crippen LogP contribution in [0.25, 0.3) is 0 Å². The first kappa shape index (κ1) is 14.3. The highest BCUT2D eigenvalue weighted by Gasteiger charge is 2.30. The van der Waals surface area contributed by atoms with Gasteiger partial charge in [0.1, 0.15) is 11.9 Å². The number of aromatic nitrogens is 1. The number of nitrogens with one attached hydrogen (secondary N) is 1. The second-order valence-corrected chi connectivity index (χ2v) is 6.58. The Morgan fingerprint density at radius 2 is 2.00 bits per heavy atom. The molecule has 1 aromatic rings. The molecule has 1 aromatic heterocycles. The van der Waals surface area contributed by atoms with Crippen LogP contribution in [-0.2, 0) is 12.8 Å². The van der Waals surface area contributed by atoms with Gasteiger partial charge in [-0.05, 0) is 64.1 Å². The van der Waals surface area contributed by atoms with Crippen molar-refractivity contribution in [3.05, 3.63) is 22.9 Å². The normalized spacial score (nSPS) is 20.7. The Morgan fingerprint density at radius 1 is 1.29 bits per heavy atom. The number of pyridine rings is 1. The zero-order valence-corrected chi connectivity index (χ0v) is 13.1. The van der Waals surface area contributed by atoms with Crippen molar-refractivity contribution in [1.82, 2.24) is 10.3 Å². The summed E-state index contributed by atoms with van der Waals surface area (Å²) >= 11 is 0. The molecule has 3 rings (SSSR count). The minimum Gasteiger partial charge on any atom is -0.355 e. The molecular formula is C17H24N4. The molecule has 0 radical (unpaired) electrons. The highest BCUT2D eigenvalue weighted by atomic mass is 15.2. The van der Waals surface area contributed by atoms with Gasteiger partial charge in [0.25, 0.3) is 0 Å². The molecule has 112 valence electrons. The van der Waals surface area contributed by atoms with Crippen LogP contribution in [0.3, 0.4) is 0 Å². The molecule has 0 spiro atoms. The van der Waals surface area contributed by atoms with Gasteiger partial charge in [0.2, 0.25) is 0 Å². The van der Waals surface area contributed by atoms with Gasteiger partial charge in [-0.1, -0.05) is 0 Å². The van der Waals surface area contributed by atoms with E-state index in [0.29, 0.717) is 0 Å². The molecule has 1 aliphatic heterocycles. The van der Waals surface area contributed by atoms with Crippen LogP contribution in [0.15, 0.2) is 6.07 Å². The third-order valence-corrected chi connectivity index (χ3v) is 5.17. The molecule has 21 heavy (non-hydrogen) atoms. The average molecular weight is 284 g/mol. The van der Waals surface area contributed by atoms with Gasteiger partial charge in [-0.15, -0.1) is 0 Å². The van der Waals surface area contributed by atoms with Crippen LogP contribution in [0.4, 0.5) is 5.82 Å². The Bertz CT molecular complexity index is 565. The van der Waals surface area contributed by atoms with Gasteiger partial charge in [0.15, 0.2) is 0 Å². The van der Waals surface area contributed by atoms with Gasteiger partial charge in [-0.3, -0.25) is 0 Å². The van der Waals surface area contributed by atoms with Crippen LogP contribution in [0.1, 0.15) is 49.4 Å². The molecule has 4 heteroatoms. The fourth-order valence-corrected chi connectivity index (χ4v) is 3.41. The number of hydrogen-bond acceptors (Lipinski definition) is 4. The van der Waals surface area contributed by atoms with E-state index in [4.69, 9.17) is 4.98 Å². The standard InChI is InChI=1S/C17H24N4/c1-17(19-2)7-9-21(10-8-17)16-14(12-18)11-13-5-3-4-6-15(13)20-16/h11,19H,3-10H2,1-2H3. The van der Waals surface area contributed by atoms with E-state index in [9.17, 15) is 5.26 Å². The van der Waals surface area contributed by atoms with Crippen molar-refractivity contribution in [3.63, 3.8) is 0 Å². The molecule has 0 unspecified atom stereocenters. The Morgan fingerprint density at radius 3 is 2.67 bits per heavy atom. The Hall–Kier alpha value is -1.60. The van der Waals surface area contributed by atoms with Crippen molar-refractivity contribution in [2.45, 2.75) is 51.0 Å². The van der Waals surface area contributed by atoms with Gasteiger partial charge in [-0.2, -0.15) is 5.26 Å². The predicted octanol–water partition coefficient (Wildman–Crippen LogP) is 2.41. The highest BCUT2D eigenvalue weighted by Crippen LogP contribution is 2.30. The van der Waals surface area contributed by atoms with E-state index in [-0.39, 0.29) is 5.54 Å². The number of rotatable bonds is 2. The molecule has 1 fully saturated rings. The van der Waals surface area contributed by atoms with Crippen LogP contribution >= 0.6 is 0 Å². The lowest BCUT2D eigenvalue weighted by Gasteiger charge is -2.40. The average Bonchev–Trinajstić information content (AvgIpc) is 2.54. The van der Waals surface area contributed by atoms with Crippen molar-refractivity contribution in [3.8, 4) is 6.07 Å². The zero-order valence-electron chi connectivity index (χ0n) is 13.1. The molecule has 2 aliphatic rings. The number of nitrogens with zero attached hydrogens (tertiary/aromatic N) is 3. The molecule has 0 atom stereocenters. The number of aryl methyl sites for hydroxylation is 2. The topological polar surface area (TPSA) is 52.0 Å². The fourth-order valence-electron chi connectivity index (χ4n) is 3.41. The number of hydrogen-bond donors (Lipinski definition) is 1. The first-order valence-corrected chi connectivity index (χ1v) is 8.02. The Balaban J connectivity index is 1.87. The maximum Gasteiger partial charge on any atom is 0.146 e. The first-order valence-electron chi connectivity index (χ1n) is 8.02. The van der Waals surface area contributed by atoms with Crippen LogP contribution < -0.4 is 10.2 Å². The quantitative estimate of drug-likeness (QED) is 0.906. The van der Waals surface area contributed by atoms with Crippen molar-refractivity contribution in [1.29, 1.82) is 5.26 Å². The van der Waals surface area contributed by atoms with Crippen LogP contribution in [-0.4, -0.2) is 30.7 Å². The molecule has 4 nitrogen and oxygen atoms in total. The maximum absolute atomic E-state index is 9.47. The van der Waals surface area contributed by atoms with E-state index >= 15 is 0 Å². The minimum atomic E-state index is 0.220. The summed E-state index contributed by atoms with van der Waals surface area (Å²) in [6, 6.07) is 4.44. The van der Waals surface area contributed by atoms with E-state index in [2.05, 4.69) is 29.3 Å². The predicted molar refractivity (Wildman–Crippen MR) is 84.5 cm³/mol. The zero-order chi connectivity index (χ0) is 14.9. The summed E-state index contributed by atoms with van der Waals surface area (Å²) < 4.78 is 0. The third-order valence-electron chi connectivity index (χ3n) is 5.17. The number of fused-ring (bicyclic) bond motifs is 1. The second kappa shape index (κ2) is 5.65. The smallest absolute Gasteiger partial charge is 0.146 e. The van der Waals surface area contributed by atoms with Crippen LogP contribution in [0, 0.1) is 11.3 Å². The number of nitriles is 1. The molecule has 0 saturated carbocycles. The van der Waals surface area contributed by atoms with Crippen LogP contribution in [0.2, 0.25) is 0 Å². The summed E-state index contributed by atoms with van der Waals surface area (Å²) in [6.07, 6.45) is 6.78. The summed E-state index contributed by atoms with van der Waals surface area (Å²) in [7, 11) is 2.04. The molecule has 2 heterocycles. The van der Waals surface area contributed by atoms with Crippen LogP contribution in [0.5, 0.6) is 0 Å². The molecule has 1 saturated heterocycles. The molecule has 1 aliphatic carbocycles. The van der Waals surface area contributed by atoms with Gasteiger partial charge in [-0.25, -0.2) is 4.98 Å². The van der Waals surface area contributed by atoms with E-state index in [1.165, 1.54) is 24.1 Å². The van der Waals surface area contributed by atoms with Gasteiger partial charge >= 0.3 is 0 Å². The van der Waals surface area contributed by atoms with Gasteiger partial charge in [0.05, 0.1) is 5.56 Å². The molecule has 0 amide bonds. The summed E-state index contributed by atoms with van der Waals surface area (Å²) in [5.41, 5.74) is 3.48. The van der Waals surface area contributed by atoms with E-state index in [1.807, 2.05) is 7.05 Å². The van der Waals surface area contributed by atoms with Gasteiger partial charge in [0, 0.05) is 24.3 Å². The lowest BCUT2D eigenvalue weighted by atomic mass is 9.89. The fraction of sp³-hybridized carbons (Fsp3) is 0.647. The lowest BCUT2D eigenvalue weighted by Crippen LogP contribution is -2.50. The van der Waals surface area contributed by atoms with Crippen molar-refractivity contribution in [2.75, 3.05) is 25.0 Å². The summed E-state index contributed by atoms with van der Waals surface area (Å²) in [6.45, 7) is 4.21. The molecular weight excluding hydrogens is 260 g/mol. The Labute approximate surface area is 127 Å². The monoisotopic (exact) mass is 284 g/mol. The lowest BCUT2D eigenvalue weighted by molar-refractivity contribution is 0.304. The Kier molecular flexibility index (Phi) is 3.86. The first-order chi connectivity index (χ1) is 10.1. The van der Waals surface area contributed by atoms with Crippen molar-refractivity contribution < 1.29 is 0 Å². The van der Waals surface area contributed by atoms with Crippen molar-refractivity contribution in [2.24, 2.45) is 0 Å². The largest absolute Gasteiger partial charge is 0.355 e. The molecule has 1 N–H and O–H groups in total. The summed E-state index contributed by atoms with van der Waals surface area (Å²) in [5.74, 6) is 0.913. The maximum atomic E-state index is 9.47. The van der Waals surface area contributed by atoms with E-state index < -0.39 is 0 Å². The van der Waals surface area contributed by atoms with E-state index in [1.54, 1.807) is 0 Å². The molecule has 0 aromatic carbocycles. The summed E-state index contributed by atoms with van der Waals surface area (Å²) in [5, 5.41) is 12.9. The molecule has 0 bridgehead atoms. The SMILES string of the molecule is CNC1(C)CCN(c2nc3c(cc2C#N)CCCC3)CC1. The third kappa shape index (κ3) is 2.75. The van der Waals surface area contributed by atoms with Crippen molar-refractivity contribution >= 4 is 5.82 Å². The minimum absolute atomic E-state index is 0.220. The van der Waals surface area contributed by atoms with Gasteiger partial charge < -0.3 is 10.2 Å². The summed E-state index contributed by atoms with van der Waals surface area (Å²) in [4.78, 5) is 7.16. The number of anilines is 1. The highest BCUT2D eigenvalue weighted by molar-refractivity contribution is 5.56. The second-order valence-electron chi connectivity index (χ2n) is 6.58.